The van der Waals surface area contributed by atoms with E-state index in [-0.39, 0.29) is 0 Å². The van der Waals surface area contributed by atoms with Crippen molar-refractivity contribution in [3.05, 3.63) is 71.8 Å². The van der Waals surface area contributed by atoms with Gasteiger partial charge in [-0.25, -0.2) is 4.99 Å². The molecule has 2 aromatic rings. The van der Waals surface area contributed by atoms with Gasteiger partial charge in [-0.05, 0) is 0 Å². The van der Waals surface area contributed by atoms with Gasteiger partial charge in [0, 0.05) is 24.2 Å². The Morgan fingerprint density at radius 2 is 1.41 bits per heavy atom. The molecular weight excluding hydrogens is 292 g/mol. The molecule has 0 spiro atoms. The number of aliphatic imine (C=N–C) groups is 1. The number of nitrogens with zero attached hydrogens (tertiary/aromatic N) is 2. The quantitative estimate of drug-likeness (QED) is 0.484. The van der Waals surface area contributed by atoms with Gasteiger partial charge in [0.25, 0.3) is 0 Å². The molecule has 1 aliphatic heterocycles. The van der Waals surface area contributed by atoms with Crippen LogP contribution in [-0.4, -0.2) is 42.0 Å². The molecule has 112 valence electrons. The summed E-state index contributed by atoms with van der Waals surface area (Å²) in [4.78, 5) is 7.62. The summed E-state index contributed by atoms with van der Waals surface area (Å²) >= 11 is 5.52. The molecule has 3 nitrogen and oxygen atoms in total. The number of morpholine rings is 1. The van der Waals surface area contributed by atoms with Crippen LogP contribution in [0.3, 0.4) is 0 Å². The highest BCUT2D eigenvalue weighted by Gasteiger charge is 2.17. The third-order valence-electron chi connectivity index (χ3n) is 3.57. The maximum atomic E-state index is 5.52. The fraction of sp³-hybridized carbons (Fsp3) is 0.222. The summed E-state index contributed by atoms with van der Waals surface area (Å²) in [5, 5.41) is 0. The minimum atomic E-state index is 0.617. The van der Waals surface area contributed by atoms with E-state index in [1.807, 2.05) is 48.5 Å². The van der Waals surface area contributed by atoms with Gasteiger partial charge in [0.2, 0.25) is 0 Å². The zero-order valence-electron chi connectivity index (χ0n) is 12.3. The Morgan fingerprint density at radius 3 is 2.00 bits per heavy atom. The van der Waals surface area contributed by atoms with E-state index >= 15 is 0 Å². The minimum Gasteiger partial charge on any atom is -0.378 e. The lowest BCUT2D eigenvalue weighted by Crippen LogP contribution is -2.41. The first-order valence-electron chi connectivity index (χ1n) is 7.41. The van der Waals surface area contributed by atoms with Gasteiger partial charge in [-0.2, -0.15) is 0 Å². The molecule has 0 amide bonds. The van der Waals surface area contributed by atoms with Gasteiger partial charge >= 0.3 is 0 Å². The van der Waals surface area contributed by atoms with Crippen LogP contribution in [0.5, 0.6) is 0 Å². The van der Waals surface area contributed by atoms with Crippen molar-refractivity contribution in [3.63, 3.8) is 0 Å². The first-order valence-corrected chi connectivity index (χ1v) is 7.81. The summed E-state index contributed by atoms with van der Waals surface area (Å²) in [5.74, 6) is 0.928. The van der Waals surface area contributed by atoms with Gasteiger partial charge in [0.15, 0.2) is 0 Å². The molecule has 0 N–H and O–H groups in total. The van der Waals surface area contributed by atoms with E-state index < -0.39 is 0 Å². The fourth-order valence-corrected chi connectivity index (χ4v) is 2.64. The van der Waals surface area contributed by atoms with Crippen LogP contribution in [-0.2, 0) is 4.74 Å². The van der Waals surface area contributed by atoms with E-state index in [1.165, 1.54) is 0 Å². The molecule has 22 heavy (non-hydrogen) atoms. The summed E-state index contributed by atoms with van der Waals surface area (Å²) in [7, 11) is 0. The third kappa shape index (κ3) is 3.59. The van der Waals surface area contributed by atoms with Crippen molar-refractivity contribution in [2.75, 3.05) is 26.3 Å². The first-order chi connectivity index (χ1) is 10.8. The summed E-state index contributed by atoms with van der Waals surface area (Å²) in [6.45, 7) is 3.13. The highest BCUT2D eigenvalue weighted by molar-refractivity contribution is 7.80. The van der Waals surface area contributed by atoms with E-state index in [1.54, 1.807) is 0 Å². The predicted octanol–water partition coefficient (Wildman–Crippen LogP) is 3.14. The number of hydrogen-bond donors (Lipinski definition) is 0. The molecule has 2 aromatic carbocycles. The molecule has 1 fully saturated rings. The Kier molecular flexibility index (Phi) is 4.93. The lowest BCUT2D eigenvalue weighted by atomic mass is 10.1. The Morgan fingerprint density at radius 1 is 0.864 bits per heavy atom. The third-order valence-corrected chi connectivity index (χ3v) is 3.90. The zero-order chi connectivity index (χ0) is 15.2. The van der Waals surface area contributed by atoms with Crippen LogP contribution in [0.15, 0.2) is 65.7 Å². The molecule has 0 radical (unpaired) electrons. The molecule has 1 heterocycles. The zero-order valence-corrected chi connectivity index (χ0v) is 13.1. The predicted molar refractivity (Wildman–Crippen MR) is 93.5 cm³/mol. The van der Waals surface area contributed by atoms with E-state index in [0.29, 0.717) is 4.99 Å². The molecular formula is C18H18N2OS. The van der Waals surface area contributed by atoms with Gasteiger partial charge in [0.05, 0.1) is 13.2 Å². The highest BCUT2D eigenvalue weighted by atomic mass is 32.1. The molecule has 1 saturated heterocycles. The van der Waals surface area contributed by atoms with Crippen molar-refractivity contribution in [2.24, 2.45) is 4.99 Å². The number of thiocarbonyl (C=S) groups is 1. The van der Waals surface area contributed by atoms with Crippen LogP contribution >= 0.6 is 12.2 Å². The second kappa shape index (κ2) is 7.29. The lowest BCUT2D eigenvalue weighted by Gasteiger charge is -2.30. The molecule has 0 atom stereocenters. The number of benzene rings is 2. The van der Waals surface area contributed by atoms with Crippen molar-refractivity contribution in [1.82, 2.24) is 4.90 Å². The SMILES string of the molecule is S=C(N=C(c1ccccc1)N1CCOCC1)c1ccccc1. The van der Waals surface area contributed by atoms with Crippen LogP contribution in [0.4, 0.5) is 0 Å². The molecule has 0 bridgehead atoms. The lowest BCUT2D eigenvalue weighted by molar-refractivity contribution is 0.0683. The van der Waals surface area contributed by atoms with Crippen molar-refractivity contribution >= 4 is 23.0 Å². The van der Waals surface area contributed by atoms with E-state index in [0.717, 1.165) is 43.3 Å². The Labute approximate surface area is 136 Å². The largest absolute Gasteiger partial charge is 0.378 e. The van der Waals surface area contributed by atoms with Crippen molar-refractivity contribution < 1.29 is 4.74 Å². The number of rotatable bonds is 2. The average Bonchev–Trinajstić information content (AvgIpc) is 2.62. The van der Waals surface area contributed by atoms with Crippen molar-refractivity contribution in [3.8, 4) is 0 Å². The Hall–Kier alpha value is -2.04. The summed E-state index contributed by atoms with van der Waals surface area (Å²) in [6.07, 6.45) is 0. The van der Waals surface area contributed by atoms with Crippen LogP contribution in [0.25, 0.3) is 0 Å². The molecule has 4 heteroatoms. The number of hydrogen-bond acceptors (Lipinski definition) is 2. The smallest absolute Gasteiger partial charge is 0.137 e. The molecule has 0 saturated carbocycles. The first kappa shape index (κ1) is 14.9. The number of ether oxygens (including phenoxy) is 1. The summed E-state index contributed by atoms with van der Waals surface area (Å²) in [5.41, 5.74) is 2.06. The van der Waals surface area contributed by atoms with E-state index in [2.05, 4.69) is 17.0 Å². The molecule has 3 rings (SSSR count). The Bertz CT molecular complexity index is 649. The van der Waals surface area contributed by atoms with Gasteiger partial charge in [0.1, 0.15) is 10.8 Å². The van der Waals surface area contributed by atoms with Gasteiger partial charge < -0.3 is 9.64 Å². The average molecular weight is 310 g/mol. The monoisotopic (exact) mass is 310 g/mol. The highest BCUT2D eigenvalue weighted by Crippen LogP contribution is 2.11. The summed E-state index contributed by atoms with van der Waals surface area (Å²) < 4.78 is 5.45. The Balaban J connectivity index is 1.94. The normalized spacial score (nSPS) is 15.6. The fourth-order valence-electron chi connectivity index (χ4n) is 2.42. The standard InChI is InChI=1S/C18H18N2OS/c22-18(16-9-5-2-6-10-16)19-17(15-7-3-1-4-8-15)20-11-13-21-14-12-20/h1-10H,11-14H2. The van der Waals surface area contributed by atoms with Crippen LogP contribution in [0, 0.1) is 0 Å². The summed E-state index contributed by atoms with van der Waals surface area (Å²) in [6, 6.07) is 20.1. The van der Waals surface area contributed by atoms with E-state index in [9.17, 15) is 0 Å². The van der Waals surface area contributed by atoms with E-state index in [4.69, 9.17) is 21.9 Å². The molecule has 1 aliphatic rings. The van der Waals surface area contributed by atoms with Crippen LogP contribution in [0.2, 0.25) is 0 Å². The van der Waals surface area contributed by atoms with Gasteiger partial charge in [-0.3, -0.25) is 0 Å². The van der Waals surface area contributed by atoms with Crippen molar-refractivity contribution in [1.29, 1.82) is 0 Å². The van der Waals surface area contributed by atoms with Crippen molar-refractivity contribution in [2.45, 2.75) is 0 Å². The van der Waals surface area contributed by atoms with Gasteiger partial charge in [-0.15, -0.1) is 0 Å². The molecule has 0 aliphatic carbocycles. The second-order valence-electron chi connectivity index (χ2n) is 5.07. The van der Waals surface area contributed by atoms with Crippen LogP contribution < -0.4 is 0 Å². The maximum Gasteiger partial charge on any atom is 0.137 e. The minimum absolute atomic E-state index is 0.617. The van der Waals surface area contributed by atoms with Crippen LogP contribution in [0.1, 0.15) is 11.1 Å². The molecule has 0 aromatic heterocycles. The number of amidine groups is 1. The van der Waals surface area contributed by atoms with Gasteiger partial charge in [-0.1, -0.05) is 72.9 Å². The topological polar surface area (TPSA) is 24.8 Å². The molecule has 0 unspecified atom stereocenters. The maximum absolute atomic E-state index is 5.52. The second-order valence-corrected chi connectivity index (χ2v) is 5.46.